The van der Waals surface area contributed by atoms with E-state index in [1.807, 2.05) is 0 Å². The van der Waals surface area contributed by atoms with E-state index in [9.17, 15) is 4.79 Å². The molecule has 14 heavy (non-hydrogen) atoms. The standard InChI is InChI=1S/C9H15N3O2/c1-7-6-12-9(14-7)5-8(13)11-4-2-3-10/h6H,2-5,10H2,1H3,(H,11,13). The smallest absolute Gasteiger partial charge is 0.229 e. The number of rotatable bonds is 5. The van der Waals surface area contributed by atoms with Gasteiger partial charge in [-0.3, -0.25) is 4.79 Å². The molecule has 0 fully saturated rings. The molecule has 0 saturated heterocycles. The summed E-state index contributed by atoms with van der Waals surface area (Å²) < 4.78 is 5.16. The molecule has 1 rings (SSSR count). The SMILES string of the molecule is Cc1cnc(CC(=O)NCCCN)o1. The van der Waals surface area contributed by atoms with Gasteiger partial charge in [0.1, 0.15) is 12.2 Å². The van der Waals surface area contributed by atoms with E-state index in [1.54, 1.807) is 13.1 Å². The van der Waals surface area contributed by atoms with Gasteiger partial charge in [-0.15, -0.1) is 0 Å². The molecule has 1 amide bonds. The quantitative estimate of drug-likeness (QED) is 0.650. The summed E-state index contributed by atoms with van der Waals surface area (Å²) in [5, 5.41) is 2.72. The minimum Gasteiger partial charge on any atom is -0.445 e. The summed E-state index contributed by atoms with van der Waals surface area (Å²) >= 11 is 0. The van der Waals surface area contributed by atoms with Gasteiger partial charge in [0.25, 0.3) is 0 Å². The lowest BCUT2D eigenvalue weighted by atomic mass is 10.3. The highest BCUT2D eigenvalue weighted by molar-refractivity contribution is 5.77. The van der Waals surface area contributed by atoms with Gasteiger partial charge in [-0.25, -0.2) is 4.98 Å². The average Bonchev–Trinajstić information content (AvgIpc) is 2.52. The first kappa shape index (κ1) is 10.7. The molecule has 0 aromatic carbocycles. The lowest BCUT2D eigenvalue weighted by Crippen LogP contribution is -2.27. The molecule has 78 valence electrons. The van der Waals surface area contributed by atoms with Crippen LogP contribution in [0.4, 0.5) is 0 Å². The van der Waals surface area contributed by atoms with E-state index in [0.29, 0.717) is 19.0 Å². The first-order valence-corrected chi connectivity index (χ1v) is 4.60. The third kappa shape index (κ3) is 3.57. The lowest BCUT2D eigenvalue weighted by Gasteiger charge is -2.01. The second-order valence-electron chi connectivity index (χ2n) is 3.03. The number of amides is 1. The topological polar surface area (TPSA) is 81.2 Å². The van der Waals surface area contributed by atoms with Crippen molar-refractivity contribution >= 4 is 5.91 Å². The van der Waals surface area contributed by atoms with Crippen LogP contribution in [0.5, 0.6) is 0 Å². The van der Waals surface area contributed by atoms with E-state index in [-0.39, 0.29) is 12.3 Å². The highest BCUT2D eigenvalue weighted by Crippen LogP contribution is 2.01. The molecule has 1 aromatic rings. The van der Waals surface area contributed by atoms with Crippen molar-refractivity contribution in [1.29, 1.82) is 0 Å². The van der Waals surface area contributed by atoms with Crippen LogP contribution in [0.3, 0.4) is 0 Å². The summed E-state index contributed by atoms with van der Waals surface area (Å²) in [4.78, 5) is 15.2. The molecule has 0 aliphatic heterocycles. The van der Waals surface area contributed by atoms with Crippen molar-refractivity contribution in [3.8, 4) is 0 Å². The Morgan fingerprint density at radius 2 is 2.50 bits per heavy atom. The van der Waals surface area contributed by atoms with Gasteiger partial charge in [-0.2, -0.15) is 0 Å². The number of aryl methyl sites for hydroxylation is 1. The Labute approximate surface area is 82.7 Å². The van der Waals surface area contributed by atoms with Gasteiger partial charge >= 0.3 is 0 Å². The number of oxazole rings is 1. The molecule has 1 heterocycles. The highest BCUT2D eigenvalue weighted by Gasteiger charge is 2.06. The molecule has 0 unspecified atom stereocenters. The fourth-order valence-electron chi connectivity index (χ4n) is 1.01. The Kier molecular flexibility index (Phi) is 4.12. The zero-order valence-corrected chi connectivity index (χ0v) is 8.25. The summed E-state index contributed by atoms with van der Waals surface area (Å²) in [6.45, 7) is 2.98. The van der Waals surface area contributed by atoms with Crippen molar-refractivity contribution in [2.45, 2.75) is 19.8 Å². The van der Waals surface area contributed by atoms with Gasteiger partial charge in [0, 0.05) is 6.54 Å². The molecular weight excluding hydrogens is 182 g/mol. The van der Waals surface area contributed by atoms with E-state index in [4.69, 9.17) is 10.2 Å². The number of nitrogens with zero attached hydrogens (tertiary/aromatic N) is 1. The largest absolute Gasteiger partial charge is 0.445 e. The summed E-state index contributed by atoms with van der Waals surface area (Å²) in [6.07, 6.45) is 2.58. The maximum atomic E-state index is 11.2. The van der Waals surface area contributed by atoms with E-state index in [1.165, 1.54) is 0 Å². The van der Waals surface area contributed by atoms with Crippen molar-refractivity contribution < 1.29 is 9.21 Å². The number of nitrogens with one attached hydrogen (secondary N) is 1. The number of hydrogen-bond donors (Lipinski definition) is 2. The van der Waals surface area contributed by atoms with E-state index >= 15 is 0 Å². The number of aromatic nitrogens is 1. The zero-order valence-electron chi connectivity index (χ0n) is 8.25. The summed E-state index contributed by atoms with van der Waals surface area (Å²) in [7, 11) is 0. The maximum Gasteiger partial charge on any atom is 0.229 e. The molecule has 0 aliphatic carbocycles. The summed E-state index contributed by atoms with van der Waals surface area (Å²) in [5.74, 6) is 1.09. The third-order valence-electron chi connectivity index (χ3n) is 1.68. The minimum absolute atomic E-state index is 0.0831. The zero-order chi connectivity index (χ0) is 10.4. The number of hydrogen-bond acceptors (Lipinski definition) is 4. The number of carbonyl (C=O) groups is 1. The second-order valence-corrected chi connectivity index (χ2v) is 3.03. The lowest BCUT2D eigenvalue weighted by molar-refractivity contribution is -0.120. The first-order chi connectivity index (χ1) is 6.72. The molecule has 5 heteroatoms. The van der Waals surface area contributed by atoms with Gasteiger partial charge < -0.3 is 15.5 Å². The predicted octanol–water partition coefficient (Wildman–Crippen LogP) is -0.00948. The fourth-order valence-corrected chi connectivity index (χ4v) is 1.01. The Bertz CT molecular complexity index is 296. The van der Waals surface area contributed by atoms with Crippen molar-refractivity contribution in [3.63, 3.8) is 0 Å². The molecule has 5 nitrogen and oxygen atoms in total. The summed E-state index contributed by atoms with van der Waals surface area (Å²) in [5.41, 5.74) is 5.29. The normalized spacial score (nSPS) is 10.1. The predicted molar refractivity (Wildman–Crippen MR) is 51.6 cm³/mol. The van der Waals surface area contributed by atoms with Gasteiger partial charge in [-0.1, -0.05) is 0 Å². The molecule has 0 aliphatic rings. The molecule has 1 aromatic heterocycles. The van der Waals surface area contributed by atoms with Gasteiger partial charge in [0.2, 0.25) is 11.8 Å². The fraction of sp³-hybridized carbons (Fsp3) is 0.556. The number of carbonyl (C=O) groups excluding carboxylic acids is 1. The average molecular weight is 197 g/mol. The highest BCUT2D eigenvalue weighted by atomic mass is 16.4. The van der Waals surface area contributed by atoms with Crippen LogP contribution < -0.4 is 11.1 Å². The second kappa shape index (κ2) is 5.39. The van der Waals surface area contributed by atoms with E-state index in [0.717, 1.165) is 12.2 Å². The van der Waals surface area contributed by atoms with Crippen molar-refractivity contribution in [2.24, 2.45) is 5.73 Å². The molecule has 0 bridgehead atoms. The Morgan fingerprint density at radius 1 is 1.71 bits per heavy atom. The van der Waals surface area contributed by atoms with Crippen molar-refractivity contribution in [2.75, 3.05) is 13.1 Å². The van der Waals surface area contributed by atoms with E-state index < -0.39 is 0 Å². The van der Waals surface area contributed by atoms with Crippen LogP contribution in [-0.2, 0) is 11.2 Å². The maximum absolute atomic E-state index is 11.2. The molecule has 0 radical (unpaired) electrons. The van der Waals surface area contributed by atoms with Crippen LogP contribution in [0.25, 0.3) is 0 Å². The van der Waals surface area contributed by atoms with Crippen LogP contribution in [0.1, 0.15) is 18.1 Å². The van der Waals surface area contributed by atoms with Gasteiger partial charge in [0.15, 0.2) is 0 Å². The Morgan fingerprint density at radius 3 is 3.07 bits per heavy atom. The first-order valence-electron chi connectivity index (χ1n) is 4.60. The van der Waals surface area contributed by atoms with Gasteiger partial charge in [0.05, 0.1) is 6.20 Å². The number of nitrogens with two attached hydrogens (primary N) is 1. The van der Waals surface area contributed by atoms with Crippen molar-refractivity contribution in [3.05, 3.63) is 17.8 Å². The minimum atomic E-state index is -0.0831. The Balaban J connectivity index is 2.27. The molecule has 0 saturated carbocycles. The molecule has 3 N–H and O–H groups in total. The Hall–Kier alpha value is -1.36. The summed E-state index contributed by atoms with van der Waals surface area (Å²) in [6, 6.07) is 0. The third-order valence-corrected chi connectivity index (χ3v) is 1.68. The van der Waals surface area contributed by atoms with Crippen LogP contribution in [0, 0.1) is 6.92 Å². The van der Waals surface area contributed by atoms with Crippen LogP contribution in [0.15, 0.2) is 10.6 Å². The van der Waals surface area contributed by atoms with Crippen LogP contribution >= 0.6 is 0 Å². The monoisotopic (exact) mass is 197 g/mol. The van der Waals surface area contributed by atoms with Crippen molar-refractivity contribution in [1.82, 2.24) is 10.3 Å². The molecule has 0 atom stereocenters. The molecule has 0 spiro atoms. The van der Waals surface area contributed by atoms with E-state index in [2.05, 4.69) is 10.3 Å². The van der Waals surface area contributed by atoms with Gasteiger partial charge in [-0.05, 0) is 19.9 Å². The molecular formula is C9H15N3O2. The van der Waals surface area contributed by atoms with Crippen LogP contribution in [-0.4, -0.2) is 24.0 Å². The van der Waals surface area contributed by atoms with Crippen LogP contribution in [0.2, 0.25) is 0 Å².